The average Bonchev–Trinajstić information content (AvgIpc) is 2.15. The molecule has 1 aliphatic heterocycles. The van der Waals surface area contributed by atoms with E-state index in [4.69, 9.17) is 9.16 Å². The summed E-state index contributed by atoms with van der Waals surface area (Å²) in [5.74, 6) is 1.52. The van der Waals surface area contributed by atoms with E-state index < -0.39 is 8.32 Å². The van der Waals surface area contributed by atoms with Crippen molar-refractivity contribution >= 4 is 8.32 Å². The van der Waals surface area contributed by atoms with Crippen molar-refractivity contribution in [3.63, 3.8) is 0 Å². The first kappa shape index (κ1) is 14.8. The molecule has 0 aliphatic carbocycles. The maximum atomic E-state index is 6.15. The summed E-state index contributed by atoms with van der Waals surface area (Å²) in [6.45, 7) is 18.4. The monoisotopic (exact) mass is 256 g/mol. The largest absolute Gasteiger partial charge is 0.494 e. The van der Waals surface area contributed by atoms with Gasteiger partial charge in [-0.1, -0.05) is 27.4 Å². The molecule has 2 nitrogen and oxygen atoms in total. The number of ether oxygens (including phenoxy) is 1. The Kier molecular flexibility index (Phi) is 4.47. The second-order valence-electron chi connectivity index (χ2n) is 6.65. The van der Waals surface area contributed by atoms with Crippen molar-refractivity contribution in [2.75, 3.05) is 6.61 Å². The van der Waals surface area contributed by atoms with Gasteiger partial charge in [0, 0.05) is 6.61 Å². The lowest BCUT2D eigenvalue weighted by molar-refractivity contribution is -0.0344. The van der Waals surface area contributed by atoms with Crippen molar-refractivity contribution in [2.24, 2.45) is 5.92 Å². The molecule has 0 amide bonds. The molecule has 1 fully saturated rings. The van der Waals surface area contributed by atoms with Crippen LogP contribution in [-0.2, 0) is 9.16 Å². The Morgan fingerprint density at radius 3 is 2.35 bits per heavy atom. The molecule has 0 spiro atoms. The molecule has 1 heterocycles. The SMILES string of the molecule is C=C1O[C@H](C)[C@H]1CCCO[Si](C)(C)C(C)(C)C. The van der Waals surface area contributed by atoms with E-state index in [1.165, 1.54) is 0 Å². The Balaban J connectivity index is 2.22. The van der Waals surface area contributed by atoms with Gasteiger partial charge in [-0.25, -0.2) is 0 Å². The highest BCUT2D eigenvalue weighted by molar-refractivity contribution is 6.74. The van der Waals surface area contributed by atoms with Crippen LogP contribution in [0.2, 0.25) is 18.1 Å². The van der Waals surface area contributed by atoms with Gasteiger partial charge in [-0.3, -0.25) is 0 Å². The van der Waals surface area contributed by atoms with E-state index in [-0.39, 0.29) is 0 Å². The maximum absolute atomic E-state index is 6.15. The molecule has 0 aromatic carbocycles. The second kappa shape index (κ2) is 5.15. The normalized spacial score (nSPS) is 25.4. The summed E-state index contributed by atoms with van der Waals surface area (Å²) in [5, 5.41) is 0.309. The summed E-state index contributed by atoms with van der Waals surface area (Å²) in [7, 11) is -1.56. The van der Waals surface area contributed by atoms with E-state index in [1.54, 1.807) is 0 Å². The molecule has 0 bridgehead atoms. The Morgan fingerprint density at radius 2 is 1.94 bits per heavy atom. The van der Waals surface area contributed by atoms with Crippen LogP contribution in [0.1, 0.15) is 40.5 Å². The van der Waals surface area contributed by atoms with Gasteiger partial charge in [0.2, 0.25) is 0 Å². The first-order valence-electron chi connectivity index (χ1n) is 6.64. The van der Waals surface area contributed by atoms with Crippen molar-refractivity contribution in [3.05, 3.63) is 12.3 Å². The summed E-state index contributed by atoms with van der Waals surface area (Å²) in [6.07, 6.45) is 2.62. The van der Waals surface area contributed by atoms with Gasteiger partial charge < -0.3 is 9.16 Å². The third-order valence-corrected chi connectivity index (χ3v) is 8.78. The molecule has 0 unspecified atom stereocenters. The van der Waals surface area contributed by atoms with E-state index >= 15 is 0 Å². The summed E-state index contributed by atoms with van der Waals surface area (Å²) >= 11 is 0. The zero-order valence-electron chi connectivity index (χ0n) is 12.3. The number of hydrogen-bond donors (Lipinski definition) is 0. The molecule has 0 radical (unpaired) electrons. The van der Waals surface area contributed by atoms with E-state index in [0.29, 0.717) is 17.1 Å². The average molecular weight is 256 g/mol. The molecule has 0 N–H and O–H groups in total. The van der Waals surface area contributed by atoms with Gasteiger partial charge in [-0.15, -0.1) is 0 Å². The maximum Gasteiger partial charge on any atom is 0.191 e. The van der Waals surface area contributed by atoms with Gasteiger partial charge in [-0.2, -0.15) is 0 Å². The van der Waals surface area contributed by atoms with E-state index in [2.05, 4.69) is 47.4 Å². The zero-order chi connectivity index (χ0) is 13.3. The third kappa shape index (κ3) is 3.59. The van der Waals surface area contributed by atoms with Crippen LogP contribution in [0.25, 0.3) is 0 Å². The first-order valence-corrected chi connectivity index (χ1v) is 9.55. The minimum atomic E-state index is -1.56. The Labute approximate surface area is 108 Å². The topological polar surface area (TPSA) is 18.5 Å². The highest BCUT2D eigenvalue weighted by Gasteiger charge is 2.37. The molecule has 0 saturated carbocycles. The highest BCUT2D eigenvalue weighted by Crippen LogP contribution is 2.37. The molecule has 0 aromatic heterocycles. The van der Waals surface area contributed by atoms with Crippen LogP contribution in [0.3, 0.4) is 0 Å². The highest BCUT2D eigenvalue weighted by atomic mass is 28.4. The van der Waals surface area contributed by atoms with Gasteiger partial charge in [0.25, 0.3) is 0 Å². The van der Waals surface area contributed by atoms with Crippen molar-refractivity contribution < 1.29 is 9.16 Å². The molecule has 17 heavy (non-hydrogen) atoms. The van der Waals surface area contributed by atoms with Crippen molar-refractivity contribution in [3.8, 4) is 0 Å². The molecular formula is C14H28O2Si. The van der Waals surface area contributed by atoms with Gasteiger partial charge in [0.15, 0.2) is 8.32 Å². The zero-order valence-corrected chi connectivity index (χ0v) is 13.3. The lowest BCUT2D eigenvalue weighted by atomic mass is 9.91. The van der Waals surface area contributed by atoms with Crippen molar-refractivity contribution in [2.45, 2.75) is 64.8 Å². The Morgan fingerprint density at radius 1 is 1.35 bits per heavy atom. The van der Waals surface area contributed by atoms with Crippen LogP contribution in [0.4, 0.5) is 0 Å². The third-order valence-electron chi connectivity index (χ3n) is 4.25. The Bertz CT molecular complexity index is 278. The molecule has 1 saturated heterocycles. The van der Waals surface area contributed by atoms with Crippen LogP contribution in [-0.4, -0.2) is 21.0 Å². The molecular weight excluding hydrogens is 228 g/mol. The smallest absolute Gasteiger partial charge is 0.191 e. The van der Waals surface area contributed by atoms with Crippen molar-refractivity contribution in [1.82, 2.24) is 0 Å². The predicted octanol–water partition coefficient (Wildman–Crippen LogP) is 4.34. The fraction of sp³-hybridized carbons (Fsp3) is 0.857. The molecule has 100 valence electrons. The molecule has 3 heteroatoms. The van der Waals surface area contributed by atoms with E-state index in [9.17, 15) is 0 Å². The fourth-order valence-electron chi connectivity index (χ4n) is 1.84. The van der Waals surface area contributed by atoms with Crippen LogP contribution in [0.15, 0.2) is 12.3 Å². The predicted molar refractivity (Wildman–Crippen MR) is 75.6 cm³/mol. The number of rotatable bonds is 5. The van der Waals surface area contributed by atoms with Gasteiger partial charge in [0.05, 0.1) is 11.7 Å². The van der Waals surface area contributed by atoms with Crippen LogP contribution < -0.4 is 0 Å². The Hall–Kier alpha value is -0.283. The summed E-state index contributed by atoms with van der Waals surface area (Å²) < 4.78 is 11.5. The minimum Gasteiger partial charge on any atom is -0.494 e. The van der Waals surface area contributed by atoms with Gasteiger partial charge >= 0.3 is 0 Å². The lowest BCUT2D eigenvalue weighted by Gasteiger charge is -2.38. The standard InChI is InChI=1S/C14H28O2Si/c1-11-13(12(2)16-11)9-8-10-15-17(6,7)14(3,4)5/h12-13H,1,8-10H2,2-7H3/t12-,13+/m1/s1. The fourth-order valence-corrected chi connectivity index (χ4v) is 2.93. The van der Waals surface area contributed by atoms with E-state index in [1.807, 2.05) is 0 Å². The molecule has 0 aromatic rings. The summed E-state index contributed by atoms with van der Waals surface area (Å²) in [6, 6.07) is 0. The van der Waals surface area contributed by atoms with E-state index in [0.717, 1.165) is 25.2 Å². The second-order valence-corrected chi connectivity index (χ2v) is 11.5. The molecule has 1 rings (SSSR count). The van der Waals surface area contributed by atoms with Crippen molar-refractivity contribution in [1.29, 1.82) is 0 Å². The van der Waals surface area contributed by atoms with Crippen LogP contribution in [0.5, 0.6) is 0 Å². The lowest BCUT2D eigenvalue weighted by Crippen LogP contribution is -2.41. The quantitative estimate of drug-likeness (QED) is 0.538. The minimum absolute atomic E-state index is 0.309. The summed E-state index contributed by atoms with van der Waals surface area (Å²) in [4.78, 5) is 0. The van der Waals surface area contributed by atoms with Crippen LogP contribution in [0, 0.1) is 5.92 Å². The van der Waals surface area contributed by atoms with Crippen LogP contribution >= 0.6 is 0 Å². The molecule has 2 atom stereocenters. The first-order chi connectivity index (χ1) is 7.65. The number of hydrogen-bond acceptors (Lipinski definition) is 2. The summed E-state index contributed by atoms with van der Waals surface area (Å²) in [5.41, 5.74) is 0. The molecule has 1 aliphatic rings. The van der Waals surface area contributed by atoms with Gasteiger partial charge in [-0.05, 0) is 37.9 Å². The van der Waals surface area contributed by atoms with Gasteiger partial charge in [0.1, 0.15) is 6.10 Å².